The van der Waals surface area contributed by atoms with Crippen molar-refractivity contribution >= 4 is 27.0 Å². The van der Waals surface area contributed by atoms with Crippen LogP contribution in [0.1, 0.15) is 5.89 Å². The predicted molar refractivity (Wildman–Crippen MR) is 106 cm³/mol. The summed E-state index contributed by atoms with van der Waals surface area (Å²) >= 11 is 1.17. The van der Waals surface area contributed by atoms with Crippen LogP contribution in [-0.4, -0.2) is 56.2 Å². The Morgan fingerprint density at radius 2 is 1.82 bits per heavy atom. The molecule has 0 atom stereocenters. The van der Waals surface area contributed by atoms with E-state index in [4.69, 9.17) is 9.15 Å². The third kappa shape index (κ3) is 3.62. The van der Waals surface area contributed by atoms with Gasteiger partial charge in [-0.1, -0.05) is 0 Å². The SMILES string of the molecule is COc1ccc(N2CCN(S(=O)(=O)c3cc(-c4nnc(C)o4)cs3)CC2)cc1. The van der Waals surface area contributed by atoms with Gasteiger partial charge in [-0.3, -0.25) is 0 Å². The molecule has 1 saturated heterocycles. The molecule has 4 rings (SSSR count). The van der Waals surface area contributed by atoms with Gasteiger partial charge in [-0.05, 0) is 30.3 Å². The van der Waals surface area contributed by atoms with E-state index < -0.39 is 10.0 Å². The Morgan fingerprint density at radius 1 is 1.11 bits per heavy atom. The number of rotatable bonds is 5. The van der Waals surface area contributed by atoms with Gasteiger partial charge in [0.2, 0.25) is 11.8 Å². The zero-order valence-corrected chi connectivity index (χ0v) is 17.2. The van der Waals surface area contributed by atoms with E-state index in [1.165, 1.54) is 15.6 Å². The quantitative estimate of drug-likeness (QED) is 0.627. The second-order valence-electron chi connectivity index (χ2n) is 6.37. The van der Waals surface area contributed by atoms with Gasteiger partial charge >= 0.3 is 0 Å². The lowest BCUT2D eigenvalue weighted by Crippen LogP contribution is -2.48. The van der Waals surface area contributed by atoms with E-state index in [0.717, 1.165) is 11.4 Å². The summed E-state index contributed by atoms with van der Waals surface area (Å²) in [5.41, 5.74) is 1.68. The number of aromatic nitrogens is 2. The molecule has 1 aliphatic heterocycles. The van der Waals surface area contributed by atoms with E-state index in [0.29, 0.717) is 43.5 Å². The summed E-state index contributed by atoms with van der Waals surface area (Å²) < 4.78 is 38.4. The standard InChI is InChI=1S/C18H20N4O4S2/c1-13-19-20-18(26-13)14-11-17(27-12-14)28(23,24)22-9-7-21(8-10-22)15-3-5-16(25-2)6-4-15/h3-6,11-12H,7-10H2,1-2H3. The second-order valence-corrected chi connectivity index (χ2v) is 9.45. The third-order valence-corrected chi connectivity index (χ3v) is 7.93. The largest absolute Gasteiger partial charge is 0.497 e. The normalized spacial score (nSPS) is 15.7. The van der Waals surface area contributed by atoms with E-state index in [1.54, 1.807) is 25.5 Å². The lowest BCUT2D eigenvalue weighted by Gasteiger charge is -2.35. The van der Waals surface area contributed by atoms with Crippen LogP contribution in [0.5, 0.6) is 5.75 Å². The fraction of sp³-hybridized carbons (Fsp3) is 0.333. The molecule has 0 radical (unpaired) electrons. The van der Waals surface area contributed by atoms with Gasteiger partial charge in [0.05, 0.1) is 12.7 Å². The van der Waals surface area contributed by atoms with Crippen molar-refractivity contribution in [2.24, 2.45) is 0 Å². The molecule has 8 nitrogen and oxygen atoms in total. The third-order valence-electron chi connectivity index (χ3n) is 4.62. The molecule has 0 spiro atoms. The van der Waals surface area contributed by atoms with Crippen LogP contribution in [0.2, 0.25) is 0 Å². The summed E-state index contributed by atoms with van der Waals surface area (Å²) in [4.78, 5) is 2.17. The number of methoxy groups -OCH3 is 1. The average Bonchev–Trinajstić information content (AvgIpc) is 3.38. The number of hydrogen-bond donors (Lipinski definition) is 0. The highest BCUT2D eigenvalue weighted by atomic mass is 32.2. The first-order chi connectivity index (χ1) is 13.5. The molecule has 1 aliphatic rings. The molecule has 0 aliphatic carbocycles. The first kappa shape index (κ1) is 18.9. The molecule has 0 N–H and O–H groups in total. The molecule has 28 heavy (non-hydrogen) atoms. The van der Waals surface area contributed by atoms with Crippen LogP contribution < -0.4 is 9.64 Å². The Kier molecular flexibility index (Phi) is 5.09. The van der Waals surface area contributed by atoms with Crippen LogP contribution in [0.15, 0.2) is 44.3 Å². The number of aryl methyl sites for hydroxylation is 1. The van der Waals surface area contributed by atoms with Crippen LogP contribution in [0, 0.1) is 6.92 Å². The average molecular weight is 421 g/mol. The Labute approximate surface area is 167 Å². The van der Waals surface area contributed by atoms with Gasteiger partial charge in [0, 0.05) is 44.2 Å². The van der Waals surface area contributed by atoms with Gasteiger partial charge in [-0.2, -0.15) is 4.31 Å². The minimum Gasteiger partial charge on any atom is -0.497 e. The van der Waals surface area contributed by atoms with Crippen LogP contribution in [0.3, 0.4) is 0 Å². The van der Waals surface area contributed by atoms with Gasteiger partial charge < -0.3 is 14.1 Å². The van der Waals surface area contributed by atoms with E-state index in [1.807, 2.05) is 24.3 Å². The monoisotopic (exact) mass is 420 g/mol. The highest BCUT2D eigenvalue weighted by Gasteiger charge is 2.30. The van der Waals surface area contributed by atoms with Gasteiger partial charge in [-0.25, -0.2) is 8.42 Å². The maximum Gasteiger partial charge on any atom is 0.252 e. The fourth-order valence-electron chi connectivity index (χ4n) is 3.08. The molecule has 148 valence electrons. The number of nitrogens with zero attached hydrogens (tertiary/aromatic N) is 4. The number of hydrogen-bond acceptors (Lipinski definition) is 8. The molecule has 0 bridgehead atoms. The van der Waals surface area contributed by atoms with E-state index >= 15 is 0 Å². The van der Waals surface area contributed by atoms with Crippen molar-refractivity contribution < 1.29 is 17.6 Å². The summed E-state index contributed by atoms with van der Waals surface area (Å²) in [7, 11) is -1.91. The van der Waals surface area contributed by atoms with Crippen LogP contribution in [0.4, 0.5) is 5.69 Å². The van der Waals surface area contributed by atoms with Crippen molar-refractivity contribution in [3.63, 3.8) is 0 Å². The summed E-state index contributed by atoms with van der Waals surface area (Å²) in [6.45, 7) is 3.82. The Hall–Kier alpha value is -2.43. The van der Waals surface area contributed by atoms with Crippen LogP contribution in [-0.2, 0) is 10.0 Å². The van der Waals surface area contributed by atoms with Gasteiger partial charge in [0.25, 0.3) is 10.0 Å². The highest BCUT2D eigenvalue weighted by Crippen LogP contribution is 2.30. The van der Waals surface area contributed by atoms with E-state index in [9.17, 15) is 8.42 Å². The van der Waals surface area contributed by atoms with Crippen molar-refractivity contribution in [2.75, 3.05) is 38.2 Å². The predicted octanol–water partition coefficient (Wildman–Crippen LogP) is 2.63. The summed E-state index contributed by atoms with van der Waals surface area (Å²) in [6.07, 6.45) is 0. The van der Waals surface area contributed by atoms with E-state index in [-0.39, 0.29) is 4.21 Å². The molecule has 0 unspecified atom stereocenters. The molecule has 3 heterocycles. The second kappa shape index (κ2) is 7.53. The Balaban J connectivity index is 1.45. The minimum absolute atomic E-state index is 0.288. The highest BCUT2D eigenvalue weighted by molar-refractivity contribution is 7.91. The van der Waals surface area contributed by atoms with Crippen molar-refractivity contribution in [1.29, 1.82) is 0 Å². The molecular formula is C18H20N4O4S2. The number of piperazine rings is 1. The van der Waals surface area contributed by atoms with Crippen molar-refractivity contribution in [2.45, 2.75) is 11.1 Å². The molecule has 0 saturated carbocycles. The first-order valence-electron chi connectivity index (χ1n) is 8.75. The Morgan fingerprint density at radius 3 is 2.43 bits per heavy atom. The molecular weight excluding hydrogens is 400 g/mol. The first-order valence-corrected chi connectivity index (χ1v) is 11.1. The summed E-state index contributed by atoms with van der Waals surface area (Å²) in [5, 5.41) is 9.46. The molecule has 3 aromatic rings. The van der Waals surface area contributed by atoms with Crippen molar-refractivity contribution in [3.05, 3.63) is 41.6 Å². The van der Waals surface area contributed by atoms with Gasteiger partial charge in [0.15, 0.2) is 0 Å². The number of thiophene rings is 1. The number of sulfonamides is 1. The molecule has 2 aromatic heterocycles. The molecule has 10 heteroatoms. The zero-order chi connectivity index (χ0) is 19.7. The maximum absolute atomic E-state index is 13.0. The van der Waals surface area contributed by atoms with Gasteiger partial charge in [-0.15, -0.1) is 21.5 Å². The number of benzene rings is 1. The summed E-state index contributed by atoms with van der Waals surface area (Å²) in [5.74, 6) is 1.58. The number of ether oxygens (including phenoxy) is 1. The van der Waals surface area contributed by atoms with Crippen molar-refractivity contribution in [3.8, 4) is 17.2 Å². The van der Waals surface area contributed by atoms with Gasteiger partial charge in [0.1, 0.15) is 9.96 Å². The van der Waals surface area contributed by atoms with E-state index in [2.05, 4.69) is 15.1 Å². The topological polar surface area (TPSA) is 88.8 Å². The minimum atomic E-state index is -3.54. The lowest BCUT2D eigenvalue weighted by molar-refractivity contribution is 0.385. The maximum atomic E-state index is 13.0. The lowest BCUT2D eigenvalue weighted by atomic mass is 10.2. The Bertz CT molecular complexity index is 1050. The summed E-state index contributed by atoms with van der Waals surface area (Å²) in [6, 6.07) is 9.39. The smallest absolute Gasteiger partial charge is 0.252 e. The zero-order valence-electron chi connectivity index (χ0n) is 15.5. The number of anilines is 1. The molecule has 1 fully saturated rings. The van der Waals surface area contributed by atoms with Crippen LogP contribution >= 0.6 is 11.3 Å². The van der Waals surface area contributed by atoms with Crippen molar-refractivity contribution in [1.82, 2.24) is 14.5 Å². The van der Waals surface area contributed by atoms with Crippen LogP contribution in [0.25, 0.3) is 11.5 Å². The molecule has 1 aromatic carbocycles. The molecule has 0 amide bonds. The fourth-order valence-corrected chi connectivity index (χ4v) is 5.81.